The zero-order valence-corrected chi connectivity index (χ0v) is 15.8. The number of carbonyl (C=O) groups is 2. The van der Waals surface area contributed by atoms with Gasteiger partial charge in [0.05, 0.1) is 24.3 Å². The lowest BCUT2D eigenvalue weighted by molar-refractivity contribution is -0.163. The molecule has 0 heterocycles. The molecule has 7 nitrogen and oxygen atoms in total. The maximum Gasteiger partial charge on any atom is 0.223 e. The monoisotopic (exact) mass is 414 g/mol. The van der Waals surface area contributed by atoms with Gasteiger partial charge in [0, 0.05) is 11.1 Å². The minimum absolute atomic E-state index is 0.0143. The number of hydrogen-bond acceptors (Lipinski definition) is 7. The van der Waals surface area contributed by atoms with Crippen molar-refractivity contribution in [2.24, 2.45) is 0 Å². The Labute approximate surface area is 165 Å². The van der Waals surface area contributed by atoms with Crippen molar-refractivity contribution in [1.29, 1.82) is 0 Å². The Balaban J connectivity index is 2.08. The number of hydrogen-bond donors (Lipinski definition) is 2. The van der Waals surface area contributed by atoms with Crippen molar-refractivity contribution in [1.82, 2.24) is 0 Å². The fraction of sp³-hybridized carbons (Fsp3) is 0.222. The van der Waals surface area contributed by atoms with Gasteiger partial charge >= 0.3 is 0 Å². The van der Waals surface area contributed by atoms with Crippen LogP contribution >= 0.6 is 23.2 Å². The summed E-state index contributed by atoms with van der Waals surface area (Å²) in [5.74, 6) is -1.09. The van der Waals surface area contributed by atoms with Crippen LogP contribution in [0.2, 0.25) is 10.0 Å². The summed E-state index contributed by atoms with van der Waals surface area (Å²) in [7, 11) is 2.82. The molecule has 2 atom stereocenters. The molecule has 0 saturated heterocycles. The van der Waals surface area contributed by atoms with Crippen molar-refractivity contribution < 1.29 is 34.0 Å². The van der Waals surface area contributed by atoms with E-state index in [2.05, 4.69) is 0 Å². The Kier molecular flexibility index (Phi) is 7.18. The summed E-state index contributed by atoms with van der Waals surface area (Å²) in [4.78, 5) is 24.4. The van der Waals surface area contributed by atoms with E-state index in [9.17, 15) is 19.8 Å². The molecule has 2 N–H and O–H groups in total. The summed E-state index contributed by atoms with van der Waals surface area (Å²) in [6.45, 7) is 0. The van der Waals surface area contributed by atoms with Gasteiger partial charge in [-0.25, -0.2) is 0 Å². The number of aliphatic hydroxyl groups is 2. The van der Waals surface area contributed by atoms with Gasteiger partial charge < -0.3 is 24.4 Å². The lowest BCUT2D eigenvalue weighted by Gasteiger charge is -2.16. The van der Waals surface area contributed by atoms with Gasteiger partial charge in [-0.05, 0) is 36.4 Å². The van der Waals surface area contributed by atoms with E-state index in [1.807, 2.05) is 0 Å². The second kappa shape index (κ2) is 9.16. The van der Waals surface area contributed by atoms with Crippen molar-refractivity contribution in [2.75, 3.05) is 14.2 Å². The highest BCUT2D eigenvalue weighted by molar-refractivity contribution is 6.32. The molecule has 2 unspecified atom stereocenters. The normalized spacial score (nSPS) is 13.0. The predicted molar refractivity (Wildman–Crippen MR) is 97.8 cm³/mol. The van der Waals surface area contributed by atoms with E-state index < -0.39 is 24.1 Å². The summed E-state index contributed by atoms with van der Waals surface area (Å²) in [6, 6.07) is 8.13. The minimum Gasteiger partial charge on any atom is -0.495 e. The quantitative estimate of drug-likeness (QED) is 0.505. The molecule has 0 aliphatic carbocycles. The standard InChI is InChI=1S/C18H16Cl2O7/c1-25-13-5-3-9(7-11(13)19)15(21)17(23)27-18(24)16(22)10-4-6-14(26-2)12(20)8-10/h3-8,17-18,23-24H,1-2H3. The zero-order valence-electron chi connectivity index (χ0n) is 14.3. The third-order valence-corrected chi connectivity index (χ3v) is 4.17. The molecule has 0 aromatic heterocycles. The molecule has 0 amide bonds. The molecule has 0 saturated carbocycles. The molecule has 9 heteroatoms. The molecule has 27 heavy (non-hydrogen) atoms. The SMILES string of the molecule is COc1ccc(C(=O)C(O)OC(O)C(=O)c2ccc(OC)c(Cl)c2)cc1Cl. The summed E-state index contributed by atoms with van der Waals surface area (Å²) in [5.41, 5.74) is 0.0286. The van der Waals surface area contributed by atoms with Crippen LogP contribution in [0, 0.1) is 0 Å². The van der Waals surface area contributed by atoms with Crippen molar-refractivity contribution in [3.63, 3.8) is 0 Å². The van der Waals surface area contributed by atoms with E-state index in [1.54, 1.807) is 0 Å². The van der Waals surface area contributed by atoms with E-state index in [4.69, 9.17) is 37.4 Å². The molecule has 2 rings (SSSR count). The van der Waals surface area contributed by atoms with E-state index in [0.29, 0.717) is 11.5 Å². The van der Waals surface area contributed by atoms with Crippen LogP contribution in [0.4, 0.5) is 0 Å². The number of ether oxygens (including phenoxy) is 3. The highest BCUT2D eigenvalue weighted by atomic mass is 35.5. The van der Waals surface area contributed by atoms with Gasteiger partial charge in [0.15, 0.2) is 0 Å². The highest BCUT2D eigenvalue weighted by Gasteiger charge is 2.27. The number of Topliss-reactive ketones (excluding diaryl/α,β-unsaturated/α-hetero) is 2. The summed E-state index contributed by atoms with van der Waals surface area (Å²) in [5, 5.41) is 20.1. The van der Waals surface area contributed by atoms with Crippen LogP contribution in [-0.4, -0.2) is 48.6 Å². The molecule has 0 aliphatic heterocycles. The van der Waals surface area contributed by atoms with Crippen LogP contribution in [0.5, 0.6) is 11.5 Å². The summed E-state index contributed by atoms with van der Waals surface area (Å²) in [6.07, 6.45) is -4.16. The second-order valence-corrected chi connectivity index (χ2v) is 6.08. The lowest BCUT2D eigenvalue weighted by Crippen LogP contribution is -2.34. The molecule has 0 spiro atoms. The Hall–Kier alpha value is -2.16. The topological polar surface area (TPSA) is 102 Å². The number of ketones is 2. The van der Waals surface area contributed by atoms with Gasteiger partial charge in [-0.2, -0.15) is 0 Å². The molecule has 0 aliphatic rings. The maximum absolute atomic E-state index is 12.2. The third-order valence-electron chi connectivity index (χ3n) is 3.58. The molecule has 2 aromatic carbocycles. The first-order valence-corrected chi connectivity index (χ1v) is 8.31. The Morgan fingerprint density at radius 3 is 1.48 bits per heavy atom. The molecular formula is C18H16Cl2O7. The van der Waals surface area contributed by atoms with E-state index >= 15 is 0 Å². The van der Waals surface area contributed by atoms with Crippen LogP contribution in [0.25, 0.3) is 0 Å². The number of rotatable bonds is 8. The molecule has 0 radical (unpaired) electrons. The van der Waals surface area contributed by atoms with Crippen LogP contribution < -0.4 is 9.47 Å². The van der Waals surface area contributed by atoms with Crippen LogP contribution in [0.1, 0.15) is 20.7 Å². The van der Waals surface area contributed by atoms with Crippen molar-refractivity contribution in [2.45, 2.75) is 12.6 Å². The smallest absolute Gasteiger partial charge is 0.223 e. The average Bonchev–Trinajstić information content (AvgIpc) is 2.66. The Bertz CT molecular complexity index is 784. The summed E-state index contributed by atoms with van der Waals surface area (Å²) >= 11 is 11.9. The van der Waals surface area contributed by atoms with Gasteiger partial charge in [-0.15, -0.1) is 0 Å². The average molecular weight is 415 g/mol. The largest absolute Gasteiger partial charge is 0.495 e. The highest BCUT2D eigenvalue weighted by Crippen LogP contribution is 2.27. The van der Waals surface area contributed by atoms with Gasteiger partial charge in [0.1, 0.15) is 11.5 Å². The number of methoxy groups -OCH3 is 2. The van der Waals surface area contributed by atoms with Crippen molar-refractivity contribution in [3.05, 3.63) is 57.6 Å². The van der Waals surface area contributed by atoms with Gasteiger partial charge in [-0.3, -0.25) is 9.59 Å². The Morgan fingerprint density at radius 1 is 0.815 bits per heavy atom. The number of aliphatic hydroxyl groups excluding tert-OH is 2. The zero-order chi connectivity index (χ0) is 20.1. The van der Waals surface area contributed by atoms with E-state index in [0.717, 1.165) is 0 Å². The van der Waals surface area contributed by atoms with Crippen molar-refractivity contribution >= 4 is 34.8 Å². The molecule has 2 aromatic rings. The fourth-order valence-electron chi connectivity index (χ4n) is 2.17. The second-order valence-electron chi connectivity index (χ2n) is 5.27. The van der Waals surface area contributed by atoms with Gasteiger partial charge in [-0.1, -0.05) is 23.2 Å². The van der Waals surface area contributed by atoms with Crippen LogP contribution in [0.15, 0.2) is 36.4 Å². The third kappa shape index (κ3) is 4.97. The van der Waals surface area contributed by atoms with Crippen LogP contribution in [-0.2, 0) is 4.74 Å². The molecule has 0 bridgehead atoms. The lowest BCUT2D eigenvalue weighted by atomic mass is 10.1. The molecule has 0 fully saturated rings. The first-order chi connectivity index (χ1) is 12.8. The van der Waals surface area contributed by atoms with E-state index in [-0.39, 0.29) is 21.2 Å². The van der Waals surface area contributed by atoms with Gasteiger partial charge in [0.2, 0.25) is 24.1 Å². The first kappa shape index (κ1) is 21.1. The minimum atomic E-state index is -2.08. The van der Waals surface area contributed by atoms with Gasteiger partial charge in [0.25, 0.3) is 0 Å². The molecular weight excluding hydrogens is 399 g/mol. The predicted octanol–water partition coefficient (Wildman–Crippen LogP) is 2.73. The van der Waals surface area contributed by atoms with Crippen molar-refractivity contribution in [3.8, 4) is 11.5 Å². The summed E-state index contributed by atoms with van der Waals surface area (Å²) < 4.78 is 14.7. The van der Waals surface area contributed by atoms with E-state index in [1.165, 1.54) is 50.6 Å². The van der Waals surface area contributed by atoms with Crippen LogP contribution in [0.3, 0.4) is 0 Å². The number of halogens is 2. The Morgan fingerprint density at radius 2 is 1.19 bits per heavy atom. The number of carbonyl (C=O) groups excluding carboxylic acids is 2. The maximum atomic E-state index is 12.2. The molecule has 144 valence electrons. The first-order valence-electron chi connectivity index (χ1n) is 7.55. The fourth-order valence-corrected chi connectivity index (χ4v) is 2.69. The number of benzene rings is 2.